The van der Waals surface area contributed by atoms with Gasteiger partial charge in [0.2, 0.25) is 0 Å². The summed E-state index contributed by atoms with van der Waals surface area (Å²) < 4.78 is 15.4. The van der Waals surface area contributed by atoms with Crippen molar-refractivity contribution in [2.24, 2.45) is 0 Å². The fraction of sp³-hybridized carbons (Fsp3) is 1.00. The molecule has 0 unspecified atom stereocenters. The Balaban J connectivity index is 1.30. The van der Waals surface area contributed by atoms with Crippen LogP contribution in [0.5, 0.6) is 0 Å². The van der Waals surface area contributed by atoms with Crippen molar-refractivity contribution in [3.8, 4) is 0 Å². The highest BCUT2D eigenvalue weighted by molar-refractivity contribution is 9.50. The Labute approximate surface area is 160 Å². The predicted molar refractivity (Wildman–Crippen MR) is 113 cm³/mol. The highest BCUT2D eigenvalue weighted by Gasteiger charge is 2.12. The monoisotopic (exact) mass is 460 g/mol. The van der Waals surface area contributed by atoms with Crippen LogP contribution >= 0.6 is 90.7 Å². The maximum absolute atomic E-state index is 5.32. The molecule has 4 nitrogen and oxygen atoms in total. The molecule has 2 saturated heterocycles. The van der Waals surface area contributed by atoms with Crippen LogP contribution in [0, 0.1) is 0 Å². The van der Waals surface area contributed by atoms with Crippen molar-refractivity contribution in [1.29, 1.82) is 0 Å². The molecule has 0 N–H and O–H groups in total. The summed E-state index contributed by atoms with van der Waals surface area (Å²) in [5, 5.41) is 0. The van der Waals surface area contributed by atoms with Gasteiger partial charge in [-0.25, -0.2) is 8.61 Å². The van der Waals surface area contributed by atoms with Crippen LogP contribution in [0.4, 0.5) is 0 Å². The maximum Gasteiger partial charge on any atom is 0.0603 e. The summed E-state index contributed by atoms with van der Waals surface area (Å²) in [6, 6.07) is 0. The third-order valence-electron chi connectivity index (χ3n) is 2.38. The Hall–Kier alpha value is 2.99. The van der Waals surface area contributed by atoms with E-state index in [9.17, 15) is 0 Å². The summed E-state index contributed by atoms with van der Waals surface area (Å²) in [5.74, 6) is 0. The molecule has 0 aliphatic carbocycles. The van der Waals surface area contributed by atoms with Crippen LogP contribution in [0.25, 0.3) is 0 Å². The highest BCUT2D eigenvalue weighted by Crippen LogP contribution is 2.59. The Bertz CT molecular complexity index is 232. The van der Waals surface area contributed by atoms with Gasteiger partial charge >= 0.3 is 0 Å². The average molecular weight is 461 g/mol. The first-order valence-electron chi connectivity index (χ1n) is 6.12. The molecule has 0 bridgehead atoms. The van der Waals surface area contributed by atoms with Crippen LogP contribution in [0.3, 0.4) is 0 Å². The number of morpholine rings is 2. The van der Waals surface area contributed by atoms with Gasteiger partial charge in [0, 0.05) is 117 Å². The van der Waals surface area contributed by atoms with Gasteiger partial charge in [-0.15, -0.1) is 0 Å². The second-order valence-corrected chi connectivity index (χ2v) is 18.3. The van der Waals surface area contributed by atoms with Crippen LogP contribution < -0.4 is 0 Å². The first-order chi connectivity index (χ1) is 10.4. The molecule has 13 heteroatoms. The van der Waals surface area contributed by atoms with Gasteiger partial charge in [0.1, 0.15) is 0 Å². The average Bonchev–Trinajstić information content (AvgIpc) is 2.55. The zero-order valence-electron chi connectivity index (χ0n) is 11.0. The second-order valence-electron chi connectivity index (χ2n) is 3.71. The standard InChI is InChI=1S/C8H16N2O2S9/c1-5-11-6-2-9(1)13-15-17-19-21-20-18-16-14-10-3-7-12-8-4-10/h1-8H2. The molecule has 0 atom stereocenters. The van der Waals surface area contributed by atoms with Crippen molar-refractivity contribution < 1.29 is 9.47 Å². The second kappa shape index (κ2) is 14.2. The number of hydrogen-bond acceptors (Lipinski definition) is 13. The first kappa shape index (κ1) is 20.3. The zero-order valence-corrected chi connectivity index (χ0v) is 18.4. The molecule has 0 spiro atoms. The Morgan fingerprint density at radius 3 is 1.19 bits per heavy atom. The SMILES string of the molecule is C1CN(SSSSSSSSSN2CCOCC2)CCO1. The van der Waals surface area contributed by atoms with Gasteiger partial charge in [0.15, 0.2) is 0 Å². The van der Waals surface area contributed by atoms with Gasteiger partial charge in [-0.05, 0) is 0 Å². The maximum atomic E-state index is 5.32. The third kappa shape index (κ3) is 10.5. The Morgan fingerprint density at radius 1 is 0.476 bits per heavy atom. The molecule has 2 rings (SSSR count). The van der Waals surface area contributed by atoms with E-state index in [1.165, 1.54) is 0 Å². The van der Waals surface area contributed by atoms with E-state index < -0.39 is 0 Å². The molecule has 0 aromatic rings. The van der Waals surface area contributed by atoms with Crippen molar-refractivity contribution >= 4 is 90.7 Å². The minimum absolute atomic E-state index is 0.866. The molecule has 0 radical (unpaired) electrons. The highest BCUT2D eigenvalue weighted by atomic mass is 34.0. The first-order valence-corrected chi connectivity index (χ1v) is 17.5. The van der Waals surface area contributed by atoms with E-state index in [1.54, 1.807) is 0 Å². The molecule has 2 aliphatic heterocycles. The van der Waals surface area contributed by atoms with E-state index in [-0.39, 0.29) is 0 Å². The molecule has 0 amide bonds. The summed E-state index contributed by atoms with van der Waals surface area (Å²) in [4.78, 5) is 0. The molecule has 2 aliphatic rings. The number of hydrogen-bond donors (Lipinski definition) is 0. The predicted octanol–water partition coefficient (Wildman–Crippen LogP) is 5.40. The van der Waals surface area contributed by atoms with E-state index >= 15 is 0 Å². The van der Waals surface area contributed by atoms with E-state index in [4.69, 9.17) is 9.47 Å². The van der Waals surface area contributed by atoms with Crippen LogP contribution in [0.2, 0.25) is 0 Å². The summed E-state index contributed by atoms with van der Waals surface area (Å²) in [6.07, 6.45) is 0. The van der Waals surface area contributed by atoms with Gasteiger partial charge in [0.25, 0.3) is 0 Å². The lowest BCUT2D eigenvalue weighted by molar-refractivity contribution is 0.0779. The Kier molecular flexibility index (Phi) is 13.7. The van der Waals surface area contributed by atoms with E-state index in [0.29, 0.717) is 0 Å². The summed E-state index contributed by atoms with van der Waals surface area (Å²) >= 11 is 0. The summed E-state index contributed by atoms with van der Waals surface area (Å²) in [6.45, 7) is 7.61. The zero-order chi connectivity index (χ0) is 14.6. The molecular formula is C8H16N2O2S9. The quantitative estimate of drug-likeness (QED) is 0.236. The summed E-state index contributed by atoms with van der Waals surface area (Å²) in [5.41, 5.74) is 0. The molecule has 0 aromatic carbocycles. The van der Waals surface area contributed by atoms with Crippen molar-refractivity contribution in [3.05, 3.63) is 0 Å². The van der Waals surface area contributed by atoms with Gasteiger partial charge < -0.3 is 9.47 Å². The largest absolute Gasteiger partial charge is 0.379 e. The van der Waals surface area contributed by atoms with Crippen molar-refractivity contribution in [3.63, 3.8) is 0 Å². The molecule has 2 fully saturated rings. The van der Waals surface area contributed by atoms with Gasteiger partial charge in [-0.3, -0.25) is 0 Å². The minimum Gasteiger partial charge on any atom is -0.379 e. The molecular weight excluding hydrogens is 445 g/mol. The molecule has 0 saturated carbocycles. The molecule has 21 heavy (non-hydrogen) atoms. The summed E-state index contributed by atoms with van der Waals surface area (Å²) in [7, 11) is 16.5. The lowest BCUT2D eigenvalue weighted by Crippen LogP contribution is -2.30. The van der Waals surface area contributed by atoms with Crippen LogP contribution in [-0.2, 0) is 9.47 Å². The topological polar surface area (TPSA) is 24.9 Å². The van der Waals surface area contributed by atoms with Gasteiger partial charge in [0.05, 0.1) is 26.4 Å². The normalized spacial score (nSPS) is 21.7. The Morgan fingerprint density at radius 2 is 0.810 bits per heavy atom. The van der Waals surface area contributed by atoms with Crippen LogP contribution in [0.15, 0.2) is 0 Å². The van der Waals surface area contributed by atoms with E-state index in [0.717, 1.165) is 52.6 Å². The lowest BCUT2D eigenvalue weighted by Gasteiger charge is -2.24. The van der Waals surface area contributed by atoms with E-state index in [1.807, 2.05) is 90.7 Å². The fourth-order valence-electron chi connectivity index (χ4n) is 1.41. The van der Waals surface area contributed by atoms with Crippen molar-refractivity contribution in [2.75, 3.05) is 52.6 Å². The molecule has 0 aromatic heterocycles. The smallest absolute Gasteiger partial charge is 0.0603 e. The third-order valence-corrected chi connectivity index (χ3v) is 19.7. The van der Waals surface area contributed by atoms with Crippen LogP contribution in [-0.4, -0.2) is 61.2 Å². The van der Waals surface area contributed by atoms with Crippen molar-refractivity contribution in [1.82, 2.24) is 8.61 Å². The number of ether oxygens (including phenoxy) is 2. The van der Waals surface area contributed by atoms with Crippen LogP contribution in [0.1, 0.15) is 0 Å². The number of nitrogens with zero attached hydrogens (tertiary/aromatic N) is 2. The van der Waals surface area contributed by atoms with E-state index in [2.05, 4.69) is 8.61 Å². The fourth-order valence-corrected chi connectivity index (χ4v) is 20.8. The molecule has 2 heterocycles. The number of rotatable bonds is 10. The minimum atomic E-state index is 0.866. The van der Waals surface area contributed by atoms with Gasteiger partial charge in [-0.2, -0.15) is 0 Å². The lowest BCUT2D eigenvalue weighted by atomic mass is 10.5. The van der Waals surface area contributed by atoms with Crippen molar-refractivity contribution in [2.45, 2.75) is 0 Å². The molecule has 124 valence electrons. The van der Waals surface area contributed by atoms with Gasteiger partial charge in [-0.1, -0.05) is 0 Å².